The van der Waals surface area contributed by atoms with Gasteiger partial charge in [0.2, 0.25) is 0 Å². The standard InChI is InChI=1S/C15H33N2.GeH4/c1-5-16(6-2)14-12-10-9-11-13-15-17(7-3)8-4;/h9H,5-8,10-15H2,1-4H3;1H4. The third-order valence-corrected chi connectivity index (χ3v) is 3.55. The van der Waals surface area contributed by atoms with Crippen LogP contribution in [0.1, 0.15) is 53.4 Å². The summed E-state index contributed by atoms with van der Waals surface area (Å²) in [5, 5.41) is 0. The summed E-state index contributed by atoms with van der Waals surface area (Å²) < 4.78 is 0. The van der Waals surface area contributed by atoms with Gasteiger partial charge in [0.1, 0.15) is 0 Å². The van der Waals surface area contributed by atoms with Crippen LogP contribution in [-0.4, -0.2) is 66.7 Å². The Kier molecular flexibility index (Phi) is 17.9. The molecule has 0 saturated heterocycles. The Morgan fingerprint density at radius 3 is 1.28 bits per heavy atom. The fourth-order valence-corrected chi connectivity index (χ4v) is 2.14. The summed E-state index contributed by atoms with van der Waals surface area (Å²) in [5.74, 6) is 0. The first-order valence-electron chi connectivity index (χ1n) is 7.54. The monoisotopic (exact) mass is 319 g/mol. The average molecular weight is 318 g/mol. The molecule has 0 aromatic heterocycles. The summed E-state index contributed by atoms with van der Waals surface area (Å²) in [5.41, 5.74) is 0. The van der Waals surface area contributed by atoms with Gasteiger partial charge in [-0.15, -0.1) is 0 Å². The van der Waals surface area contributed by atoms with Crippen LogP contribution in [0.3, 0.4) is 0 Å². The van der Waals surface area contributed by atoms with E-state index in [2.05, 4.69) is 43.9 Å². The van der Waals surface area contributed by atoms with Gasteiger partial charge in [-0.25, -0.2) is 0 Å². The third kappa shape index (κ3) is 11.5. The van der Waals surface area contributed by atoms with E-state index in [0.717, 1.165) is 0 Å². The number of nitrogens with zero attached hydrogens (tertiary/aromatic N) is 2. The molecule has 0 rings (SSSR count). The molecule has 3 heteroatoms. The van der Waals surface area contributed by atoms with E-state index in [-0.39, 0.29) is 17.6 Å². The second-order valence-corrected chi connectivity index (χ2v) is 4.63. The van der Waals surface area contributed by atoms with E-state index in [4.69, 9.17) is 0 Å². The van der Waals surface area contributed by atoms with Crippen LogP contribution in [0, 0.1) is 6.42 Å². The number of hydrogen-bond acceptors (Lipinski definition) is 2. The molecule has 111 valence electrons. The van der Waals surface area contributed by atoms with Gasteiger partial charge in [-0.1, -0.05) is 27.7 Å². The molecule has 0 amide bonds. The molecule has 0 fully saturated rings. The molecule has 0 spiro atoms. The summed E-state index contributed by atoms with van der Waals surface area (Å²) in [6, 6.07) is 0. The fourth-order valence-electron chi connectivity index (χ4n) is 2.14. The summed E-state index contributed by atoms with van der Waals surface area (Å²) in [4.78, 5) is 5.01. The zero-order valence-electron chi connectivity index (χ0n) is 12.5. The van der Waals surface area contributed by atoms with Crippen molar-refractivity contribution < 1.29 is 0 Å². The third-order valence-electron chi connectivity index (χ3n) is 3.55. The average Bonchev–Trinajstić information content (AvgIpc) is 2.37. The van der Waals surface area contributed by atoms with Crippen molar-refractivity contribution in [1.29, 1.82) is 0 Å². The Balaban J connectivity index is 0. The summed E-state index contributed by atoms with van der Waals surface area (Å²) >= 11 is 0. The minimum atomic E-state index is 0. The van der Waals surface area contributed by atoms with Gasteiger partial charge in [0.05, 0.1) is 0 Å². The molecule has 0 saturated carbocycles. The van der Waals surface area contributed by atoms with Gasteiger partial charge in [-0.3, -0.25) is 0 Å². The van der Waals surface area contributed by atoms with Crippen LogP contribution in [0.15, 0.2) is 0 Å². The van der Waals surface area contributed by atoms with Crippen LogP contribution in [0.4, 0.5) is 0 Å². The Morgan fingerprint density at radius 1 is 0.667 bits per heavy atom. The van der Waals surface area contributed by atoms with Crippen molar-refractivity contribution >= 4 is 17.6 Å². The first-order valence-corrected chi connectivity index (χ1v) is 7.54. The van der Waals surface area contributed by atoms with E-state index >= 15 is 0 Å². The molecule has 0 heterocycles. The van der Waals surface area contributed by atoms with Crippen LogP contribution in [-0.2, 0) is 0 Å². The summed E-state index contributed by atoms with van der Waals surface area (Å²) in [6.07, 6.45) is 7.70. The predicted octanol–water partition coefficient (Wildman–Crippen LogP) is 1.98. The number of hydrogen-bond donors (Lipinski definition) is 0. The molecule has 2 nitrogen and oxygen atoms in total. The molecular formula is C15H37GeN2. The molecule has 0 aliphatic heterocycles. The Morgan fingerprint density at radius 2 is 1.00 bits per heavy atom. The Labute approximate surface area is 126 Å². The van der Waals surface area contributed by atoms with Gasteiger partial charge in [0.15, 0.2) is 0 Å². The van der Waals surface area contributed by atoms with Gasteiger partial charge in [0, 0.05) is 0 Å². The Bertz CT molecular complexity index is 129. The van der Waals surface area contributed by atoms with Crippen molar-refractivity contribution in [3.05, 3.63) is 6.42 Å². The van der Waals surface area contributed by atoms with Crippen LogP contribution in [0.25, 0.3) is 0 Å². The van der Waals surface area contributed by atoms with E-state index in [1.54, 1.807) is 0 Å². The fraction of sp³-hybridized carbons (Fsp3) is 0.933. The SMILES string of the molecule is CCN(CC)CCC[CH]CCCN(CC)CC.[GeH4]. The van der Waals surface area contributed by atoms with Crippen molar-refractivity contribution in [1.82, 2.24) is 9.80 Å². The number of unbranched alkanes of at least 4 members (excludes halogenated alkanes) is 4. The van der Waals surface area contributed by atoms with Crippen molar-refractivity contribution in [2.75, 3.05) is 39.3 Å². The normalized spacial score (nSPS) is 11.0. The molecule has 0 aromatic rings. The molecule has 0 atom stereocenters. The van der Waals surface area contributed by atoms with Gasteiger partial charge in [0.25, 0.3) is 0 Å². The van der Waals surface area contributed by atoms with Gasteiger partial charge < -0.3 is 9.80 Å². The van der Waals surface area contributed by atoms with Crippen LogP contribution in [0.2, 0.25) is 0 Å². The maximum absolute atomic E-state index is 2.50. The second-order valence-electron chi connectivity index (χ2n) is 4.63. The van der Waals surface area contributed by atoms with E-state index in [1.807, 2.05) is 0 Å². The molecular weight excluding hydrogens is 281 g/mol. The van der Waals surface area contributed by atoms with E-state index in [0.29, 0.717) is 0 Å². The zero-order chi connectivity index (χ0) is 12.9. The Hall–Kier alpha value is 0.463. The predicted molar refractivity (Wildman–Crippen MR) is 89.7 cm³/mol. The zero-order valence-corrected chi connectivity index (χ0v) is 12.5. The van der Waals surface area contributed by atoms with Crippen LogP contribution >= 0.6 is 0 Å². The molecule has 0 N–H and O–H groups in total. The van der Waals surface area contributed by atoms with E-state index in [1.165, 1.54) is 65.0 Å². The minimum absolute atomic E-state index is 0. The van der Waals surface area contributed by atoms with Crippen molar-refractivity contribution in [3.63, 3.8) is 0 Å². The quantitative estimate of drug-likeness (QED) is 0.401. The molecule has 0 aliphatic rings. The molecule has 18 heavy (non-hydrogen) atoms. The molecule has 0 unspecified atom stereocenters. The first kappa shape index (κ1) is 20.8. The van der Waals surface area contributed by atoms with Crippen LogP contribution in [0.5, 0.6) is 0 Å². The van der Waals surface area contributed by atoms with Crippen LogP contribution < -0.4 is 0 Å². The van der Waals surface area contributed by atoms with Gasteiger partial charge in [-0.2, -0.15) is 0 Å². The molecule has 0 aliphatic carbocycles. The molecule has 0 aromatic carbocycles. The summed E-state index contributed by atoms with van der Waals surface area (Å²) in [7, 11) is 0. The second kappa shape index (κ2) is 15.5. The van der Waals surface area contributed by atoms with Gasteiger partial charge in [-0.05, 0) is 71.4 Å². The topological polar surface area (TPSA) is 6.48 Å². The van der Waals surface area contributed by atoms with Crippen molar-refractivity contribution in [2.24, 2.45) is 0 Å². The molecule has 1 radical (unpaired) electrons. The van der Waals surface area contributed by atoms with Crippen molar-refractivity contribution in [3.8, 4) is 0 Å². The summed E-state index contributed by atoms with van der Waals surface area (Å²) in [6.45, 7) is 16.3. The van der Waals surface area contributed by atoms with Gasteiger partial charge >= 0.3 is 17.6 Å². The first-order chi connectivity index (χ1) is 8.28. The van der Waals surface area contributed by atoms with E-state index < -0.39 is 0 Å². The van der Waals surface area contributed by atoms with Crippen molar-refractivity contribution in [2.45, 2.75) is 53.4 Å². The molecule has 0 bridgehead atoms. The maximum atomic E-state index is 2.50. The van der Waals surface area contributed by atoms with E-state index in [9.17, 15) is 0 Å². The number of rotatable bonds is 12.